The molecule has 2 rings (SSSR count). The first kappa shape index (κ1) is 14.0. The zero-order valence-corrected chi connectivity index (χ0v) is 11.5. The monoisotopic (exact) mass is 276 g/mol. The molecule has 1 aliphatic heterocycles. The Morgan fingerprint density at radius 1 is 1.45 bits per heavy atom. The minimum absolute atomic E-state index is 0.288. The third-order valence-corrected chi connectivity index (χ3v) is 3.68. The van der Waals surface area contributed by atoms with Crippen molar-refractivity contribution >= 4 is 11.6 Å². The van der Waals surface area contributed by atoms with Gasteiger partial charge in [0.05, 0.1) is 7.11 Å². The van der Waals surface area contributed by atoms with Gasteiger partial charge in [-0.3, -0.25) is 14.9 Å². The van der Waals surface area contributed by atoms with E-state index in [1.807, 2.05) is 0 Å². The summed E-state index contributed by atoms with van der Waals surface area (Å²) in [4.78, 5) is 24.3. The lowest BCUT2D eigenvalue weighted by atomic mass is 9.85. The Labute approximate surface area is 116 Å². The molecule has 0 radical (unpaired) electrons. The second kappa shape index (κ2) is 4.96. The summed E-state index contributed by atoms with van der Waals surface area (Å²) < 4.78 is 5.06. The Balaban J connectivity index is 2.29. The second-order valence-electron chi connectivity index (χ2n) is 5.02. The molecule has 0 bridgehead atoms. The van der Waals surface area contributed by atoms with Gasteiger partial charge in [-0.15, -0.1) is 0 Å². The van der Waals surface area contributed by atoms with E-state index in [1.54, 1.807) is 38.3 Å². The number of ether oxygens (including phenoxy) is 1. The van der Waals surface area contributed by atoms with Crippen LogP contribution in [0.25, 0.3) is 0 Å². The minimum atomic E-state index is -1.14. The molecule has 1 aromatic rings. The molecule has 1 unspecified atom stereocenters. The molecule has 1 aliphatic rings. The molecule has 0 N–H and O–H groups in total. The molecule has 6 heteroatoms. The maximum Gasteiger partial charge on any atom is 0.244 e. The Morgan fingerprint density at radius 2 is 2.05 bits per heavy atom. The van der Waals surface area contributed by atoms with Gasteiger partial charge in [-0.2, -0.15) is 0 Å². The number of nitrogens with zero attached hydrogens (tertiary/aromatic N) is 2. The predicted octanol–water partition coefficient (Wildman–Crippen LogP) is 1.88. The lowest BCUT2D eigenvalue weighted by Crippen LogP contribution is -2.37. The van der Waals surface area contributed by atoms with Crippen LogP contribution in [0.4, 0.5) is 5.69 Å². The van der Waals surface area contributed by atoms with Gasteiger partial charge in [0, 0.05) is 17.2 Å². The number of carbonyl (C=O) groups is 1. The number of amides is 1. The van der Waals surface area contributed by atoms with Gasteiger partial charge in [0.2, 0.25) is 12.5 Å². The normalized spacial score (nSPS) is 22.2. The Kier molecular flexibility index (Phi) is 3.48. The highest BCUT2D eigenvalue weighted by Crippen LogP contribution is 2.38. The molecule has 1 saturated heterocycles. The third-order valence-electron chi connectivity index (χ3n) is 3.68. The van der Waals surface area contributed by atoms with Gasteiger partial charge in [0.15, 0.2) is 0 Å². The highest BCUT2D eigenvalue weighted by molar-refractivity contribution is 6.03. The van der Waals surface area contributed by atoms with Crippen molar-refractivity contribution in [1.29, 1.82) is 0 Å². The van der Waals surface area contributed by atoms with Crippen LogP contribution in [0.1, 0.15) is 6.92 Å². The number of carbonyl (C=O) groups excluding carboxylic acids is 1. The van der Waals surface area contributed by atoms with Gasteiger partial charge in [0.25, 0.3) is 0 Å². The summed E-state index contributed by atoms with van der Waals surface area (Å²) in [6.07, 6.45) is 0. The van der Waals surface area contributed by atoms with Crippen molar-refractivity contribution in [1.82, 2.24) is 0 Å². The Hall–Kier alpha value is -2.37. The van der Waals surface area contributed by atoms with Gasteiger partial charge < -0.3 is 9.64 Å². The molecular weight excluding hydrogens is 260 g/mol. The van der Waals surface area contributed by atoms with E-state index in [0.29, 0.717) is 23.6 Å². The molecule has 1 aromatic carbocycles. The van der Waals surface area contributed by atoms with E-state index in [2.05, 4.69) is 6.58 Å². The van der Waals surface area contributed by atoms with Gasteiger partial charge >= 0.3 is 0 Å². The van der Waals surface area contributed by atoms with Gasteiger partial charge in [-0.25, -0.2) is 0 Å². The quantitative estimate of drug-likeness (QED) is 0.478. The number of anilines is 1. The first-order valence-electron chi connectivity index (χ1n) is 6.14. The largest absolute Gasteiger partial charge is 0.497 e. The van der Waals surface area contributed by atoms with E-state index in [9.17, 15) is 14.9 Å². The van der Waals surface area contributed by atoms with E-state index in [4.69, 9.17) is 4.74 Å². The summed E-state index contributed by atoms with van der Waals surface area (Å²) in [5.74, 6) is 0.400. The van der Waals surface area contributed by atoms with E-state index in [0.717, 1.165) is 0 Å². The number of nitro groups is 1. The van der Waals surface area contributed by atoms with E-state index < -0.39 is 16.9 Å². The summed E-state index contributed by atoms with van der Waals surface area (Å²) in [5.41, 5.74) is 0.114. The SMILES string of the molecule is C=C1CN(c2ccc(OC)cc2)C(=O)C1(C)C[N+](=O)[O-]. The third kappa shape index (κ3) is 2.24. The molecule has 1 fully saturated rings. The topological polar surface area (TPSA) is 72.7 Å². The lowest BCUT2D eigenvalue weighted by Gasteiger charge is -2.20. The molecule has 0 aromatic heterocycles. The Bertz CT molecular complexity index is 567. The first-order valence-corrected chi connectivity index (χ1v) is 6.14. The zero-order chi connectivity index (χ0) is 14.9. The number of benzene rings is 1. The minimum Gasteiger partial charge on any atom is -0.497 e. The fourth-order valence-corrected chi connectivity index (χ4v) is 2.29. The van der Waals surface area contributed by atoms with Crippen LogP contribution in [0.3, 0.4) is 0 Å². The molecule has 0 spiro atoms. The molecule has 6 nitrogen and oxygen atoms in total. The van der Waals surface area contributed by atoms with Crippen LogP contribution in [-0.2, 0) is 4.79 Å². The van der Waals surface area contributed by atoms with E-state index in [1.165, 1.54) is 4.90 Å². The fraction of sp³-hybridized carbons (Fsp3) is 0.357. The summed E-state index contributed by atoms with van der Waals surface area (Å²) in [7, 11) is 1.56. The zero-order valence-electron chi connectivity index (χ0n) is 11.5. The van der Waals surface area contributed by atoms with Gasteiger partial charge in [-0.05, 0) is 36.8 Å². The predicted molar refractivity (Wildman–Crippen MR) is 74.5 cm³/mol. The fourth-order valence-electron chi connectivity index (χ4n) is 2.29. The number of methoxy groups -OCH3 is 1. The van der Waals surface area contributed by atoms with Crippen molar-refractivity contribution in [2.75, 3.05) is 25.1 Å². The molecule has 106 valence electrons. The molecular formula is C14H16N2O4. The van der Waals surface area contributed by atoms with Crippen LogP contribution >= 0.6 is 0 Å². The summed E-state index contributed by atoms with van der Waals surface area (Å²) in [5, 5.41) is 10.8. The van der Waals surface area contributed by atoms with E-state index >= 15 is 0 Å². The van der Waals surface area contributed by atoms with Gasteiger partial charge in [-0.1, -0.05) is 6.58 Å². The van der Waals surface area contributed by atoms with E-state index in [-0.39, 0.29) is 5.91 Å². The average Bonchev–Trinajstić information content (AvgIpc) is 2.63. The smallest absolute Gasteiger partial charge is 0.244 e. The van der Waals surface area contributed by atoms with Crippen LogP contribution in [0.2, 0.25) is 0 Å². The standard InChI is InChI=1S/C14H16N2O4/c1-10-8-15(11-4-6-12(20-3)7-5-11)13(17)14(10,2)9-16(18)19/h4-7H,1,8-9H2,2-3H3. The molecule has 1 heterocycles. The summed E-state index contributed by atoms with van der Waals surface area (Å²) in [6, 6.07) is 6.99. The molecule has 1 atom stereocenters. The highest BCUT2D eigenvalue weighted by Gasteiger charge is 2.50. The van der Waals surface area contributed by atoms with Gasteiger partial charge in [0.1, 0.15) is 11.2 Å². The summed E-state index contributed by atoms with van der Waals surface area (Å²) in [6.45, 7) is 5.27. The molecule has 1 amide bonds. The van der Waals surface area contributed by atoms with Crippen LogP contribution < -0.4 is 9.64 Å². The molecule has 0 saturated carbocycles. The number of hydrogen-bond donors (Lipinski definition) is 0. The van der Waals surface area contributed by atoms with Crippen LogP contribution in [0.15, 0.2) is 36.4 Å². The molecule has 20 heavy (non-hydrogen) atoms. The second-order valence-corrected chi connectivity index (χ2v) is 5.02. The van der Waals surface area contributed by atoms with Crippen molar-refractivity contribution in [2.24, 2.45) is 5.41 Å². The van der Waals surface area contributed by atoms with Crippen molar-refractivity contribution < 1.29 is 14.5 Å². The van der Waals surface area contributed by atoms with Crippen LogP contribution in [0.5, 0.6) is 5.75 Å². The molecule has 0 aliphatic carbocycles. The average molecular weight is 276 g/mol. The summed E-state index contributed by atoms with van der Waals surface area (Å²) >= 11 is 0. The van der Waals surface area contributed by atoms with Crippen molar-refractivity contribution in [3.05, 3.63) is 46.5 Å². The van der Waals surface area contributed by atoms with Crippen molar-refractivity contribution in [2.45, 2.75) is 6.92 Å². The Morgan fingerprint density at radius 3 is 2.55 bits per heavy atom. The van der Waals surface area contributed by atoms with Crippen molar-refractivity contribution in [3.63, 3.8) is 0 Å². The van der Waals surface area contributed by atoms with Crippen LogP contribution in [0, 0.1) is 15.5 Å². The maximum absolute atomic E-state index is 12.5. The lowest BCUT2D eigenvalue weighted by molar-refractivity contribution is -0.490. The highest BCUT2D eigenvalue weighted by atomic mass is 16.6. The van der Waals surface area contributed by atoms with Crippen molar-refractivity contribution in [3.8, 4) is 5.75 Å². The first-order chi connectivity index (χ1) is 9.38. The number of rotatable bonds is 4. The number of hydrogen-bond acceptors (Lipinski definition) is 4. The van der Waals surface area contributed by atoms with Crippen LogP contribution in [-0.4, -0.2) is 31.0 Å². The maximum atomic E-state index is 12.5.